The van der Waals surface area contributed by atoms with E-state index in [1.807, 2.05) is 12.4 Å². The van der Waals surface area contributed by atoms with Gasteiger partial charge in [0.05, 0.1) is 17.6 Å². The van der Waals surface area contributed by atoms with E-state index in [-0.39, 0.29) is 0 Å². The molecule has 2 heteroatoms. The molecule has 0 aliphatic heterocycles. The molecule has 84 valence electrons. The van der Waals surface area contributed by atoms with Crippen LogP contribution < -0.4 is 0 Å². The molecule has 0 saturated heterocycles. The smallest absolute Gasteiger partial charge is 0.0888 e. The SMILES string of the molecule is CCc1cncc(-c2ccc3c(c2)C=CC3)n1. The predicted molar refractivity (Wildman–Crippen MR) is 69.6 cm³/mol. The highest BCUT2D eigenvalue weighted by Crippen LogP contribution is 2.25. The zero-order valence-electron chi connectivity index (χ0n) is 9.85. The van der Waals surface area contributed by atoms with Crippen molar-refractivity contribution in [3.8, 4) is 11.3 Å². The van der Waals surface area contributed by atoms with Gasteiger partial charge < -0.3 is 0 Å². The minimum absolute atomic E-state index is 0.922. The lowest BCUT2D eigenvalue weighted by Crippen LogP contribution is -1.93. The highest BCUT2D eigenvalue weighted by Gasteiger charge is 2.07. The van der Waals surface area contributed by atoms with Crippen LogP contribution in [0.2, 0.25) is 0 Å². The van der Waals surface area contributed by atoms with Gasteiger partial charge in [-0.3, -0.25) is 4.98 Å². The predicted octanol–water partition coefficient (Wildman–Crippen LogP) is 3.28. The van der Waals surface area contributed by atoms with Crippen molar-refractivity contribution in [2.45, 2.75) is 19.8 Å². The molecule has 2 aromatic rings. The lowest BCUT2D eigenvalue weighted by atomic mass is 10.0. The minimum Gasteiger partial charge on any atom is -0.261 e. The molecule has 0 atom stereocenters. The van der Waals surface area contributed by atoms with Gasteiger partial charge in [-0.25, -0.2) is 4.98 Å². The zero-order valence-corrected chi connectivity index (χ0v) is 9.85. The monoisotopic (exact) mass is 222 g/mol. The van der Waals surface area contributed by atoms with Crippen molar-refractivity contribution in [1.82, 2.24) is 9.97 Å². The van der Waals surface area contributed by atoms with E-state index in [1.165, 1.54) is 11.1 Å². The number of allylic oxidation sites excluding steroid dienone is 1. The average Bonchev–Trinajstić information content (AvgIpc) is 2.86. The van der Waals surface area contributed by atoms with Crippen molar-refractivity contribution in [1.29, 1.82) is 0 Å². The van der Waals surface area contributed by atoms with E-state index in [2.05, 4.69) is 47.2 Å². The standard InChI is InChI=1S/C15H14N2/c1-2-14-9-16-10-15(17-14)13-7-6-11-4-3-5-12(11)8-13/h3,5-10H,2,4H2,1H3. The number of benzene rings is 1. The fraction of sp³-hybridized carbons (Fsp3) is 0.200. The molecule has 0 fully saturated rings. The van der Waals surface area contributed by atoms with Crippen LogP contribution in [0.15, 0.2) is 36.7 Å². The van der Waals surface area contributed by atoms with Crippen molar-refractivity contribution < 1.29 is 0 Å². The average molecular weight is 222 g/mol. The Morgan fingerprint density at radius 2 is 2.18 bits per heavy atom. The summed E-state index contributed by atoms with van der Waals surface area (Å²) in [6.45, 7) is 2.10. The van der Waals surface area contributed by atoms with Gasteiger partial charge in [-0.05, 0) is 30.0 Å². The van der Waals surface area contributed by atoms with Crippen LogP contribution in [-0.4, -0.2) is 9.97 Å². The largest absolute Gasteiger partial charge is 0.261 e. The summed E-state index contributed by atoms with van der Waals surface area (Å²) in [7, 11) is 0. The molecule has 1 aromatic heterocycles. The second-order valence-corrected chi connectivity index (χ2v) is 4.27. The van der Waals surface area contributed by atoms with Crippen LogP contribution in [0.5, 0.6) is 0 Å². The molecule has 0 radical (unpaired) electrons. The molecule has 0 N–H and O–H groups in total. The topological polar surface area (TPSA) is 25.8 Å². The Balaban J connectivity index is 2.06. The molecule has 1 heterocycles. The van der Waals surface area contributed by atoms with E-state index in [9.17, 15) is 0 Å². The molecule has 0 saturated carbocycles. The Labute approximate surface area is 101 Å². The van der Waals surface area contributed by atoms with Crippen LogP contribution in [0.3, 0.4) is 0 Å². The second kappa shape index (κ2) is 4.13. The number of fused-ring (bicyclic) bond motifs is 1. The molecule has 1 aliphatic carbocycles. The third-order valence-electron chi connectivity index (χ3n) is 3.12. The lowest BCUT2D eigenvalue weighted by Gasteiger charge is -2.05. The number of aromatic nitrogens is 2. The Morgan fingerprint density at radius 3 is 3.06 bits per heavy atom. The number of rotatable bonds is 2. The summed E-state index contributed by atoms with van der Waals surface area (Å²) in [5.74, 6) is 0. The molecule has 1 aromatic carbocycles. The molecule has 3 rings (SSSR count). The first-order valence-electron chi connectivity index (χ1n) is 5.97. The van der Waals surface area contributed by atoms with Crippen LogP contribution in [0.1, 0.15) is 23.7 Å². The van der Waals surface area contributed by atoms with Crippen LogP contribution in [0.4, 0.5) is 0 Å². The fourth-order valence-electron chi connectivity index (χ4n) is 2.12. The summed E-state index contributed by atoms with van der Waals surface area (Å²) in [6, 6.07) is 6.52. The molecular formula is C15H14N2. The van der Waals surface area contributed by atoms with Gasteiger partial charge in [-0.15, -0.1) is 0 Å². The first kappa shape index (κ1) is 10.2. The van der Waals surface area contributed by atoms with E-state index >= 15 is 0 Å². The van der Waals surface area contributed by atoms with E-state index < -0.39 is 0 Å². The van der Waals surface area contributed by atoms with Gasteiger partial charge in [0.2, 0.25) is 0 Å². The van der Waals surface area contributed by atoms with Crippen LogP contribution in [0.25, 0.3) is 17.3 Å². The molecule has 0 amide bonds. The molecular weight excluding hydrogens is 208 g/mol. The normalized spacial score (nSPS) is 12.8. The summed E-state index contributed by atoms with van der Waals surface area (Å²) < 4.78 is 0. The third kappa shape index (κ3) is 1.86. The van der Waals surface area contributed by atoms with E-state index in [4.69, 9.17) is 0 Å². The third-order valence-corrected chi connectivity index (χ3v) is 3.12. The van der Waals surface area contributed by atoms with Gasteiger partial charge in [-0.1, -0.05) is 31.2 Å². The van der Waals surface area contributed by atoms with Gasteiger partial charge in [0.15, 0.2) is 0 Å². The molecule has 17 heavy (non-hydrogen) atoms. The summed E-state index contributed by atoms with van der Waals surface area (Å²) in [5, 5.41) is 0. The number of nitrogens with zero attached hydrogens (tertiary/aromatic N) is 2. The number of hydrogen-bond donors (Lipinski definition) is 0. The fourth-order valence-corrected chi connectivity index (χ4v) is 2.12. The maximum atomic E-state index is 4.60. The summed E-state index contributed by atoms with van der Waals surface area (Å²) in [5.41, 5.74) is 5.86. The quantitative estimate of drug-likeness (QED) is 0.779. The van der Waals surface area contributed by atoms with E-state index in [1.54, 1.807) is 0 Å². The van der Waals surface area contributed by atoms with Crippen molar-refractivity contribution in [2.24, 2.45) is 0 Å². The van der Waals surface area contributed by atoms with Crippen LogP contribution in [-0.2, 0) is 12.8 Å². The Morgan fingerprint density at radius 1 is 1.24 bits per heavy atom. The van der Waals surface area contributed by atoms with E-state index in [0.717, 1.165) is 29.8 Å². The van der Waals surface area contributed by atoms with Gasteiger partial charge in [0.25, 0.3) is 0 Å². The maximum absolute atomic E-state index is 4.60. The minimum atomic E-state index is 0.922. The first-order chi connectivity index (χ1) is 8.36. The number of hydrogen-bond acceptors (Lipinski definition) is 2. The van der Waals surface area contributed by atoms with Gasteiger partial charge in [0, 0.05) is 11.8 Å². The van der Waals surface area contributed by atoms with Crippen molar-refractivity contribution in [3.05, 3.63) is 53.5 Å². The van der Waals surface area contributed by atoms with Crippen molar-refractivity contribution in [2.75, 3.05) is 0 Å². The summed E-state index contributed by atoms with van der Waals surface area (Å²) >= 11 is 0. The molecule has 1 aliphatic rings. The Bertz CT molecular complexity index is 585. The number of aryl methyl sites for hydroxylation is 1. The first-order valence-corrected chi connectivity index (χ1v) is 5.97. The lowest BCUT2D eigenvalue weighted by molar-refractivity contribution is 1.00. The second-order valence-electron chi connectivity index (χ2n) is 4.27. The Kier molecular flexibility index (Phi) is 2.48. The van der Waals surface area contributed by atoms with Crippen molar-refractivity contribution >= 4 is 6.08 Å². The maximum Gasteiger partial charge on any atom is 0.0888 e. The van der Waals surface area contributed by atoms with Crippen LogP contribution in [0, 0.1) is 0 Å². The molecule has 0 unspecified atom stereocenters. The zero-order chi connectivity index (χ0) is 11.7. The van der Waals surface area contributed by atoms with Crippen molar-refractivity contribution in [3.63, 3.8) is 0 Å². The van der Waals surface area contributed by atoms with Gasteiger partial charge in [0.1, 0.15) is 0 Å². The Hall–Kier alpha value is -1.96. The highest BCUT2D eigenvalue weighted by atomic mass is 14.8. The van der Waals surface area contributed by atoms with E-state index in [0.29, 0.717) is 0 Å². The van der Waals surface area contributed by atoms with Crippen LogP contribution >= 0.6 is 0 Å². The van der Waals surface area contributed by atoms with Gasteiger partial charge >= 0.3 is 0 Å². The molecule has 0 bridgehead atoms. The highest BCUT2D eigenvalue weighted by molar-refractivity contribution is 5.68. The summed E-state index contributed by atoms with van der Waals surface area (Å²) in [6.07, 6.45) is 10.0. The molecule has 0 spiro atoms. The van der Waals surface area contributed by atoms with Gasteiger partial charge in [-0.2, -0.15) is 0 Å². The summed E-state index contributed by atoms with van der Waals surface area (Å²) in [4.78, 5) is 8.85. The molecule has 2 nitrogen and oxygen atoms in total.